The molecule has 108 valence electrons. The lowest BCUT2D eigenvalue weighted by Gasteiger charge is -2.24. The van der Waals surface area contributed by atoms with Gasteiger partial charge in [-0.25, -0.2) is 4.39 Å². The highest BCUT2D eigenvalue weighted by molar-refractivity contribution is 9.10. The van der Waals surface area contributed by atoms with Gasteiger partial charge in [0.05, 0.1) is 15.9 Å². The zero-order chi connectivity index (χ0) is 14.8. The number of benzene rings is 1. The minimum absolute atomic E-state index is 0.0594. The quantitative estimate of drug-likeness (QED) is 0.909. The standard InChI is InChI=1S/C15H19BrFN3/c1-3-12-14(16)13(20(2)19-12)9-15(17,10-18)11-7-5-4-6-8-11/h4-8H,3,9-10,18H2,1-2H3. The minimum atomic E-state index is -1.58. The number of nitrogens with zero attached hydrogens (tertiary/aromatic N) is 2. The third-order valence-electron chi connectivity index (χ3n) is 3.57. The monoisotopic (exact) mass is 339 g/mol. The third-order valence-corrected chi connectivity index (χ3v) is 4.48. The zero-order valence-corrected chi connectivity index (χ0v) is 13.3. The molecule has 0 aliphatic carbocycles. The van der Waals surface area contributed by atoms with Crippen LogP contribution in [0.25, 0.3) is 0 Å². The van der Waals surface area contributed by atoms with Crippen molar-refractivity contribution in [3.8, 4) is 0 Å². The van der Waals surface area contributed by atoms with Gasteiger partial charge in [-0.05, 0) is 27.9 Å². The predicted molar refractivity (Wildman–Crippen MR) is 82.3 cm³/mol. The molecule has 0 amide bonds. The molecule has 5 heteroatoms. The van der Waals surface area contributed by atoms with E-state index in [-0.39, 0.29) is 13.0 Å². The van der Waals surface area contributed by atoms with E-state index in [0.29, 0.717) is 5.56 Å². The molecule has 2 rings (SSSR count). The van der Waals surface area contributed by atoms with E-state index in [1.807, 2.05) is 32.2 Å². The summed E-state index contributed by atoms with van der Waals surface area (Å²) < 4.78 is 17.8. The Morgan fingerprint density at radius 1 is 1.35 bits per heavy atom. The Bertz CT molecular complexity index is 582. The molecule has 20 heavy (non-hydrogen) atoms. The molecule has 0 bridgehead atoms. The van der Waals surface area contributed by atoms with Gasteiger partial charge in [0.25, 0.3) is 0 Å². The van der Waals surface area contributed by atoms with Crippen molar-refractivity contribution in [3.63, 3.8) is 0 Å². The third kappa shape index (κ3) is 2.79. The van der Waals surface area contributed by atoms with Crippen LogP contribution in [0.15, 0.2) is 34.8 Å². The van der Waals surface area contributed by atoms with E-state index in [1.165, 1.54) is 0 Å². The van der Waals surface area contributed by atoms with Crippen molar-refractivity contribution in [1.82, 2.24) is 9.78 Å². The summed E-state index contributed by atoms with van der Waals surface area (Å²) in [5, 5.41) is 4.40. The number of hydrogen-bond acceptors (Lipinski definition) is 2. The average molecular weight is 340 g/mol. The van der Waals surface area contributed by atoms with Crippen molar-refractivity contribution in [2.45, 2.75) is 25.4 Å². The van der Waals surface area contributed by atoms with Crippen LogP contribution in [0, 0.1) is 0 Å². The van der Waals surface area contributed by atoms with Crippen molar-refractivity contribution < 1.29 is 4.39 Å². The number of rotatable bonds is 5. The van der Waals surface area contributed by atoms with E-state index in [4.69, 9.17) is 5.73 Å². The van der Waals surface area contributed by atoms with E-state index in [1.54, 1.807) is 16.8 Å². The van der Waals surface area contributed by atoms with Crippen molar-refractivity contribution in [3.05, 3.63) is 51.8 Å². The molecule has 0 aliphatic heterocycles. The molecule has 1 aromatic heterocycles. The topological polar surface area (TPSA) is 43.8 Å². The molecule has 1 aromatic carbocycles. The number of aryl methyl sites for hydroxylation is 2. The SMILES string of the molecule is CCc1nn(C)c(CC(F)(CN)c2ccccc2)c1Br. The number of halogens is 2. The Morgan fingerprint density at radius 3 is 2.50 bits per heavy atom. The van der Waals surface area contributed by atoms with E-state index in [0.717, 1.165) is 22.3 Å². The van der Waals surface area contributed by atoms with Crippen LogP contribution in [0.5, 0.6) is 0 Å². The van der Waals surface area contributed by atoms with Crippen LogP contribution in [-0.2, 0) is 25.6 Å². The van der Waals surface area contributed by atoms with Crippen molar-refractivity contribution in [2.24, 2.45) is 12.8 Å². The molecule has 0 aliphatic rings. The second kappa shape index (κ2) is 6.06. The van der Waals surface area contributed by atoms with Gasteiger partial charge in [0.1, 0.15) is 0 Å². The molecule has 2 aromatic rings. The van der Waals surface area contributed by atoms with Crippen molar-refractivity contribution in [1.29, 1.82) is 0 Å². The molecule has 3 nitrogen and oxygen atoms in total. The van der Waals surface area contributed by atoms with Gasteiger partial charge in [0.2, 0.25) is 0 Å². The van der Waals surface area contributed by atoms with Crippen LogP contribution in [-0.4, -0.2) is 16.3 Å². The minimum Gasteiger partial charge on any atom is -0.327 e. The van der Waals surface area contributed by atoms with Crippen LogP contribution in [0.3, 0.4) is 0 Å². The summed E-state index contributed by atoms with van der Waals surface area (Å²) in [6.45, 7) is 1.97. The number of hydrogen-bond donors (Lipinski definition) is 1. The first-order valence-electron chi connectivity index (χ1n) is 6.66. The molecular weight excluding hydrogens is 321 g/mol. The van der Waals surface area contributed by atoms with Gasteiger partial charge in [-0.3, -0.25) is 4.68 Å². The first kappa shape index (κ1) is 15.2. The van der Waals surface area contributed by atoms with Crippen LogP contribution < -0.4 is 5.73 Å². The first-order valence-corrected chi connectivity index (χ1v) is 7.46. The molecule has 1 heterocycles. The lowest BCUT2D eigenvalue weighted by Crippen LogP contribution is -2.33. The summed E-state index contributed by atoms with van der Waals surface area (Å²) in [6, 6.07) is 9.08. The highest BCUT2D eigenvalue weighted by Crippen LogP contribution is 2.33. The molecule has 0 fully saturated rings. The van der Waals surface area contributed by atoms with Crippen LogP contribution >= 0.6 is 15.9 Å². The number of alkyl halides is 1. The Morgan fingerprint density at radius 2 is 2.00 bits per heavy atom. The van der Waals surface area contributed by atoms with Gasteiger partial charge >= 0.3 is 0 Å². The van der Waals surface area contributed by atoms with Crippen molar-refractivity contribution in [2.75, 3.05) is 6.54 Å². The zero-order valence-electron chi connectivity index (χ0n) is 11.7. The second-order valence-electron chi connectivity index (χ2n) is 4.90. The molecular formula is C15H19BrFN3. The fourth-order valence-corrected chi connectivity index (χ4v) is 3.06. The Balaban J connectivity index is 2.38. The van der Waals surface area contributed by atoms with Crippen LogP contribution in [0.2, 0.25) is 0 Å². The fraction of sp³-hybridized carbons (Fsp3) is 0.400. The second-order valence-corrected chi connectivity index (χ2v) is 5.69. The number of nitrogens with two attached hydrogens (primary N) is 1. The molecule has 2 N–H and O–H groups in total. The highest BCUT2D eigenvalue weighted by atomic mass is 79.9. The maximum absolute atomic E-state index is 15.2. The molecule has 0 radical (unpaired) electrons. The van der Waals surface area contributed by atoms with E-state index in [9.17, 15) is 0 Å². The smallest absolute Gasteiger partial charge is 0.153 e. The number of aromatic nitrogens is 2. The van der Waals surface area contributed by atoms with Crippen molar-refractivity contribution >= 4 is 15.9 Å². The van der Waals surface area contributed by atoms with Crippen LogP contribution in [0.4, 0.5) is 4.39 Å². The lowest BCUT2D eigenvalue weighted by atomic mass is 9.91. The summed E-state index contributed by atoms with van der Waals surface area (Å²) in [5.41, 5.74) is 6.50. The molecule has 1 unspecified atom stereocenters. The Hall–Kier alpha value is -1.20. The molecule has 0 saturated carbocycles. The van der Waals surface area contributed by atoms with E-state index < -0.39 is 5.67 Å². The van der Waals surface area contributed by atoms with E-state index >= 15 is 4.39 Å². The van der Waals surface area contributed by atoms with Gasteiger partial charge in [-0.2, -0.15) is 5.10 Å². The first-order chi connectivity index (χ1) is 9.51. The van der Waals surface area contributed by atoms with Gasteiger partial charge in [-0.1, -0.05) is 37.3 Å². The highest BCUT2D eigenvalue weighted by Gasteiger charge is 2.33. The summed E-state index contributed by atoms with van der Waals surface area (Å²) in [6.07, 6.45) is 1.01. The maximum atomic E-state index is 15.2. The van der Waals surface area contributed by atoms with Gasteiger partial charge in [0.15, 0.2) is 5.67 Å². The van der Waals surface area contributed by atoms with Crippen LogP contribution in [0.1, 0.15) is 23.9 Å². The normalized spacial score (nSPS) is 14.2. The predicted octanol–water partition coefficient (Wildman–Crippen LogP) is 3.11. The Kier molecular flexibility index (Phi) is 4.60. The lowest BCUT2D eigenvalue weighted by molar-refractivity contribution is 0.171. The summed E-state index contributed by atoms with van der Waals surface area (Å²) in [7, 11) is 1.83. The molecule has 0 spiro atoms. The molecule has 1 atom stereocenters. The summed E-state index contributed by atoms with van der Waals surface area (Å²) >= 11 is 3.53. The Labute approximate surface area is 127 Å². The maximum Gasteiger partial charge on any atom is 0.153 e. The average Bonchev–Trinajstić information content (AvgIpc) is 2.75. The summed E-state index contributed by atoms with van der Waals surface area (Å²) in [4.78, 5) is 0. The fourth-order valence-electron chi connectivity index (χ4n) is 2.31. The van der Waals surface area contributed by atoms with Gasteiger partial charge in [0, 0.05) is 20.0 Å². The molecule has 0 saturated heterocycles. The largest absolute Gasteiger partial charge is 0.327 e. The van der Waals surface area contributed by atoms with Gasteiger partial charge in [-0.15, -0.1) is 0 Å². The van der Waals surface area contributed by atoms with Gasteiger partial charge < -0.3 is 5.73 Å². The summed E-state index contributed by atoms with van der Waals surface area (Å²) in [5.74, 6) is 0. The van der Waals surface area contributed by atoms with E-state index in [2.05, 4.69) is 21.0 Å².